The lowest BCUT2D eigenvalue weighted by molar-refractivity contribution is 0.751. The topological polar surface area (TPSA) is 0 Å². The van der Waals surface area contributed by atoms with E-state index in [-0.39, 0.29) is 5.38 Å². The molecule has 0 heterocycles. The molecule has 0 unspecified atom stereocenters. The van der Waals surface area contributed by atoms with Crippen LogP contribution in [0, 0.1) is 5.92 Å². The van der Waals surface area contributed by atoms with Crippen LogP contribution >= 0.6 is 23.4 Å². The molecule has 0 aromatic carbocycles. The molecule has 1 rings (SSSR count). The van der Waals surface area contributed by atoms with E-state index in [0.29, 0.717) is 0 Å². The summed E-state index contributed by atoms with van der Waals surface area (Å²) >= 11 is 8.02. The summed E-state index contributed by atoms with van der Waals surface area (Å²) < 4.78 is 0. The lowest BCUT2D eigenvalue weighted by Crippen LogP contribution is -2.03. The average Bonchev–Trinajstić information content (AvgIpc) is 2.03. The first-order valence-corrected chi connectivity index (χ1v) is 5.76. The Labute approximate surface area is 84.1 Å². The molecule has 2 heteroatoms. The molecule has 0 saturated heterocycles. The molecular weight excluding hydrogens is 188 g/mol. The van der Waals surface area contributed by atoms with Gasteiger partial charge in [-0.1, -0.05) is 32.1 Å². The Morgan fingerprint density at radius 1 is 1.67 bits per heavy atom. The Morgan fingerprint density at radius 3 is 3.00 bits per heavy atom. The second kappa shape index (κ2) is 4.98. The fraction of sp³-hybridized carbons (Fsp3) is 0.600. The number of rotatable bonds is 3. The Balaban J connectivity index is 2.39. The standard InChI is InChI=1S/C10H15ClS/c1-8(2)7-12-10-6-4-3-5-9(10)11/h3-4,6,8-9H,5,7H2,1-2H3/t9-/m1/s1. The Hall–Kier alpha value is 0.120. The van der Waals surface area contributed by atoms with E-state index in [0.717, 1.165) is 12.3 Å². The van der Waals surface area contributed by atoms with Crippen molar-refractivity contribution in [1.82, 2.24) is 0 Å². The van der Waals surface area contributed by atoms with Gasteiger partial charge in [-0.25, -0.2) is 0 Å². The van der Waals surface area contributed by atoms with E-state index in [1.807, 2.05) is 11.8 Å². The number of allylic oxidation sites excluding steroid dienone is 4. The third kappa shape index (κ3) is 3.24. The number of hydrogen-bond donors (Lipinski definition) is 0. The first-order chi connectivity index (χ1) is 5.70. The number of hydrogen-bond acceptors (Lipinski definition) is 1. The average molecular weight is 203 g/mol. The van der Waals surface area contributed by atoms with Crippen molar-refractivity contribution >= 4 is 23.4 Å². The Bertz CT molecular complexity index is 194. The Kier molecular flexibility index (Phi) is 4.24. The van der Waals surface area contributed by atoms with Crippen LogP contribution in [0.1, 0.15) is 20.3 Å². The van der Waals surface area contributed by atoms with Crippen molar-refractivity contribution < 1.29 is 0 Å². The Morgan fingerprint density at radius 2 is 2.42 bits per heavy atom. The van der Waals surface area contributed by atoms with Crippen molar-refractivity contribution in [3.63, 3.8) is 0 Å². The van der Waals surface area contributed by atoms with Crippen LogP contribution in [0.5, 0.6) is 0 Å². The second-order valence-corrected chi connectivity index (χ2v) is 5.03. The predicted octanol–water partition coefficient (Wildman–Crippen LogP) is 3.83. The molecule has 0 saturated carbocycles. The van der Waals surface area contributed by atoms with E-state index in [2.05, 4.69) is 32.1 Å². The summed E-state index contributed by atoms with van der Waals surface area (Å²) in [7, 11) is 0. The van der Waals surface area contributed by atoms with Gasteiger partial charge in [-0.2, -0.15) is 0 Å². The van der Waals surface area contributed by atoms with E-state index in [1.54, 1.807) is 0 Å². The van der Waals surface area contributed by atoms with Crippen LogP contribution in [0.3, 0.4) is 0 Å². The molecule has 0 nitrogen and oxygen atoms in total. The monoisotopic (exact) mass is 202 g/mol. The van der Waals surface area contributed by atoms with Crippen LogP contribution in [-0.4, -0.2) is 11.1 Å². The first-order valence-electron chi connectivity index (χ1n) is 4.33. The van der Waals surface area contributed by atoms with Gasteiger partial charge in [0.1, 0.15) is 0 Å². The van der Waals surface area contributed by atoms with Gasteiger partial charge in [0.2, 0.25) is 0 Å². The highest BCUT2D eigenvalue weighted by molar-refractivity contribution is 8.03. The molecule has 0 bridgehead atoms. The molecular formula is C10H15ClS. The third-order valence-electron chi connectivity index (χ3n) is 1.63. The summed E-state index contributed by atoms with van der Waals surface area (Å²) in [6.07, 6.45) is 7.34. The van der Waals surface area contributed by atoms with Crippen molar-refractivity contribution in [2.75, 3.05) is 5.75 Å². The van der Waals surface area contributed by atoms with Crippen LogP contribution < -0.4 is 0 Å². The highest BCUT2D eigenvalue weighted by Crippen LogP contribution is 2.30. The zero-order chi connectivity index (χ0) is 8.97. The molecule has 12 heavy (non-hydrogen) atoms. The zero-order valence-corrected chi connectivity index (χ0v) is 9.16. The van der Waals surface area contributed by atoms with Gasteiger partial charge >= 0.3 is 0 Å². The predicted molar refractivity (Wildman–Crippen MR) is 58.8 cm³/mol. The van der Waals surface area contributed by atoms with Crippen LogP contribution in [0.15, 0.2) is 23.1 Å². The second-order valence-electron chi connectivity index (χ2n) is 3.41. The maximum absolute atomic E-state index is 6.13. The maximum Gasteiger partial charge on any atom is 0.0678 e. The molecule has 0 N–H and O–H groups in total. The highest BCUT2D eigenvalue weighted by Gasteiger charge is 2.12. The third-order valence-corrected chi connectivity index (χ3v) is 3.76. The fourth-order valence-electron chi connectivity index (χ4n) is 0.983. The van der Waals surface area contributed by atoms with E-state index >= 15 is 0 Å². The van der Waals surface area contributed by atoms with Gasteiger partial charge < -0.3 is 0 Å². The largest absolute Gasteiger partial charge is 0.129 e. The van der Waals surface area contributed by atoms with E-state index < -0.39 is 0 Å². The van der Waals surface area contributed by atoms with Crippen molar-refractivity contribution in [2.45, 2.75) is 25.6 Å². The normalized spacial score (nSPS) is 23.0. The van der Waals surface area contributed by atoms with Crippen LogP contribution in [0.25, 0.3) is 0 Å². The van der Waals surface area contributed by atoms with Crippen LogP contribution in [0.4, 0.5) is 0 Å². The van der Waals surface area contributed by atoms with Crippen molar-refractivity contribution in [3.8, 4) is 0 Å². The summed E-state index contributed by atoms with van der Waals surface area (Å²) in [4.78, 5) is 1.33. The molecule has 0 aromatic heterocycles. The number of alkyl halides is 1. The summed E-state index contributed by atoms with van der Waals surface area (Å²) in [5.74, 6) is 1.91. The molecule has 0 aliphatic heterocycles. The molecule has 0 amide bonds. The minimum absolute atomic E-state index is 0.221. The first kappa shape index (κ1) is 10.2. The maximum atomic E-state index is 6.13. The molecule has 1 atom stereocenters. The smallest absolute Gasteiger partial charge is 0.0678 e. The van der Waals surface area contributed by atoms with Gasteiger partial charge in [0.15, 0.2) is 0 Å². The summed E-state index contributed by atoms with van der Waals surface area (Å²) in [6, 6.07) is 0. The summed E-state index contributed by atoms with van der Waals surface area (Å²) in [5, 5.41) is 0.221. The summed E-state index contributed by atoms with van der Waals surface area (Å²) in [5.41, 5.74) is 0. The van der Waals surface area contributed by atoms with Crippen molar-refractivity contribution in [3.05, 3.63) is 23.1 Å². The zero-order valence-electron chi connectivity index (χ0n) is 7.59. The van der Waals surface area contributed by atoms with Gasteiger partial charge in [0, 0.05) is 10.7 Å². The van der Waals surface area contributed by atoms with E-state index in [1.165, 1.54) is 10.7 Å². The SMILES string of the molecule is CC(C)CSC1=CC=CC[C@H]1Cl. The van der Waals surface area contributed by atoms with Gasteiger partial charge in [-0.15, -0.1) is 23.4 Å². The van der Waals surface area contributed by atoms with Gasteiger partial charge in [-0.3, -0.25) is 0 Å². The van der Waals surface area contributed by atoms with Crippen molar-refractivity contribution in [2.24, 2.45) is 5.92 Å². The molecule has 0 radical (unpaired) electrons. The molecule has 1 aliphatic carbocycles. The van der Waals surface area contributed by atoms with Gasteiger partial charge in [0.25, 0.3) is 0 Å². The van der Waals surface area contributed by atoms with E-state index in [4.69, 9.17) is 11.6 Å². The lowest BCUT2D eigenvalue weighted by Gasteiger charge is -2.15. The van der Waals surface area contributed by atoms with Crippen LogP contribution in [-0.2, 0) is 0 Å². The summed E-state index contributed by atoms with van der Waals surface area (Å²) in [6.45, 7) is 4.46. The molecule has 0 fully saturated rings. The molecule has 1 aliphatic rings. The van der Waals surface area contributed by atoms with Gasteiger partial charge in [-0.05, 0) is 12.3 Å². The molecule has 0 spiro atoms. The van der Waals surface area contributed by atoms with Gasteiger partial charge in [0.05, 0.1) is 5.38 Å². The minimum atomic E-state index is 0.221. The molecule has 68 valence electrons. The quantitative estimate of drug-likeness (QED) is 0.627. The van der Waals surface area contributed by atoms with Crippen LogP contribution in [0.2, 0.25) is 0 Å². The van der Waals surface area contributed by atoms with E-state index in [9.17, 15) is 0 Å². The lowest BCUT2D eigenvalue weighted by atomic mass is 10.2. The number of thioether (sulfide) groups is 1. The fourth-order valence-corrected chi connectivity index (χ4v) is 2.33. The van der Waals surface area contributed by atoms with Crippen molar-refractivity contribution in [1.29, 1.82) is 0 Å². The number of halogens is 1. The molecule has 0 aromatic rings. The highest BCUT2D eigenvalue weighted by atomic mass is 35.5. The minimum Gasteiger partial charge on any atom is -0.129 e.